The van der Waals surface area contributed by atoms with E-state index in [1.54, 1.807) is 0 Å². The van der Waals surface area contributed by atoms with Gasteiger partial charge in [0.15, 0.2) is 10.8 Å². The number of hydrogen-bond acceptors (Lipinski definition) is 4. The van der Waals surface area contributed by atoms with Crippen LogP contribution in [0, 0.1) is 0 Å². The van der Waals surface area contributed by atoms with Gasteiger partial charge >= 0.3 is 0 Å². The second-order valence-corrected chi connectivity index (χ2v) is 2.63. The van der Waals surface area contributed by atoms with Gasteiger partial charge in [0.05, 0.1) is 13.3 Å². The van der Waals surface area contributed by atoms with E-state index in [2.05, 4.69) is 5.10 Å². The van der Waals surface area contributed by atoms with Crippen molar-refractivity contribution in [3.8, 4) is 5.75 Å². The molecule has 0 amide bonds. The summed E-state index contributed by atoms with van der Waals surface area (Å²) in [5.74, 6) is 0.263. The van der Waals surface area contributed by atoms with E-state index in [1.807, 2.05) is 0 Å². The molecule has 72 valence electrons. The standard InChI is InChI=1S/C7H9ClN2O3/c1-12-4-10-7(11)6(8)5(13-2)3-9-10/h3H,4H2,1-2H3. The average molecular weight is 205 g/mol. The van der Waals surface area contributed by atoms with Gasteiger partial charge in [-0.25, -0.2) is 4.68 Å². The molecule has 0 saturated heterocycles. The summed E-state index contributed by atoms with van der Waals surface area (Å²) in [4.78, 5) is 11.3. The van der Waals surface area contributed by atoms with Crippen LogP contribution in [0.5, 0.6) is 5.75 Å². The quantitative estimate of drug-likeness (QED) is 0.720. The monoisotopic (exact) mass is 204 g/mol. The molecule has 0 radical (unpaired) electrons. The maximum absolute atomic E-state index is 11.3. The van der Waals surface area contributed by atoms with Crippen LogP contribution in [0.2, 0.25) is 5.02 Å². The van der Waals surface area contributed by atoms with Crippen molar-refractivity contribution in [3.05, 3.63) is 21.6 Å². The lowest BCUT2D eigenvalue weighted by molar-refractivity contribution is 0.116. The Labute approximate surface area is 79.8 Å². The predicted molar refractivity (Wildman–Crippen MR) is 47.1 cm³/mol. The molecule has 0 aromatic carbocycles. The maximum Gasteiger partial charge on any atom is 0.291 e. The summed E-state index contributed by atoms with van der Waals surface area (Å²) in [5.41, 5.74) is -0.428. The number of nitrogens with zero attached hydrogens (tertiary/aromatic N) is 2. The Morgan fingerprint density at radius 1 is 1.62 bits per heavy atom. The third-order valence-electron chi connectivity index (χ3n) is 1.42. The van der Waals surface area contributed by atoms with E-state index in [1.165, 1.54) is 20.4 Å². The highest BCUT2D eigenvalue weighted by atomic mass is 35.5. The van der Waals surface area contributed by atoms with Crippen LogP contribution >= 0.6 is 11.6 Å². The zero-order valence-electron chi connectivity index (χ0n) is 7.28. The molecule has 1 aromatic rings. The van der Waals surface area contributed by atoms with E-state index in [-0.39, 0.29) is 17.5 Å². The topological polar surface area (TPSA) is 53.4 Å². The molecule has 0 aliphatic rings. The summed E-state index contributed by atoms with van der Waals surface area (Å²) in [6.07, 6.45) is 1.36. The van der Waals surface area contributed by atoms with E-state index in [0.29, 0.717) is 0 Å². The third kappa shape index (κ3) is 1.99. The molecule has 0 aliphatic heterocycles. The van der Waals surface area contributed by atoms with Crippen molar-refractivity contribution in [2.24, 2.45) is 0 Å². The maximum atomic E-state index is 11.3. The van der Waals surface area contributed by atoms with Crippen LogP contribution in [0.15, 0.2) is 11.0 Å². The SMILES string of the molecule is COCn1ncc(OC)c(Cl)c1=O. The minimum Gasteiger partial charge on any atom is -0.493 e. The molecule has 0 spiro atoms. The van der Waals surface area contributed by atoms with Crippen molar-refractivity contribution < 1.29 is 9.47 Å². The van der Waals surface area contributed by atoms with Crippen molar-refractivity contribution >= 4 is 11.6 Å². The normalized spacial score (nSPS) is 10.1. The first kappa shape index (κ1) is 10.0. The smallest absolute Gasteiger partial charge is 0.291 e. The lowest BCUT2D eigenvalue weighted by atomic mass is 10.5. The molecule has 0 bridgehead atoms. The molecule has 1 aromatic heterocycles. The van der Waals surface area contributed by atoms with Gasteiger partial charge in [0, 0.05) is 7.11 Å². The van der Waals surface area contributed by atoms with Crippen LogP contribution in [0.4, 0.5) is 0 Å². The van der Waals surface area contributed by atoms with Crippen LogP contribution in [0.25, 0.3) is 0 Å². The number of hydrogen-bond donors (Lipinski definition) is 0. The highest BCUT2D eigenvalue weighted by molar-refractivity contribution is 6.31. The molecule has 0 fully saturated rings. The lowest BCUT2D eigenvalue weighted by Gasteiger charge is -2.05. The van der Waals surface area contributed by atoms with Gasteiger partial charge in [-0.05, 0) is 0 Å². The molecule has 0 saturated carbocycles. The molecule has 13 heavy (non-hydrogen) atoms. The van der Waals surface area contributed by atoms with Crippen molar-refractivity contribution in [1.82, 2.24) is 9.78 Å². The summed E-state index contributed by atoms with van der Waals surface area (Å²) >= 11 is 5.68. The first-order valence-electron chi connectivity index (χ1n) is 3.49. The summed E-state index contributed by atoms with van der Waals surface area (Å²) in [6.45, 7) is 0.0720. The molecular formula is C7H9ClN2O3. The molecule has 0 atom stereocenters. The van der Waals surface area contributed by atoms with Gasteiger partial charge in [-0.1, -0.05) is 11.6 Å². The fraction of sp³-hybridized carbons (Fsp3) is 0.429. The number of rotatable bonds is 3. The Kier molecular flexibility index (Phi) is 3.27. The van der Waals surface area contributed by atoms with E-state index in [0.717, 1.165) is 4.68 Å². The summed E-state index contributed by atoms with van der Waals surface area (Å²) in [7, 11) is 2.88. The van der Waals surface area contributed by atoms with Gasteiger partial charge in [0.1, 0.15) is 6.73 Å². The number of methoxy groups -OCH3 is 2. The van der Waals surface area contributed by atoms with E-state index < -0.39 is 5.56 Å². The highest BCUT2D eigenvalue weighted by Gasteiger charge is 2.08. The number of aromatic nitrogens is 2. The summed E-state index contributed by atoms with van der Waals surface area (Å²) in [5, 5.41) is 3.78. The fourth-order valence-electron chi connectivity index (χ4n) is 0.806. The van der Waals surface area contributed by atoms with E-state index in [9.17, 15) is 4.79 Å². The van der Waals surface area contributed by atoms with Crippen molar-refractivity contribution in [2.45, 2.75) is 6.73 Å². The molecule has 1 heterocycles. The highest BCUT2D eigenvalue weighted by Crippen LogP contribution is 2.16. The summed E-state index contributed by atoms with van der Waals surface area (Å²) in [6, 6.07) is 0. The van der Waals surface area contributed by atoms with Crippen LogP contribution in [0.3, 0.4) is 0 Å². The number of ether oxygens (including phenoxy) is 2. The second kappa shape index (κ2) is 4.25. The minimum absolute atomic E-state index is 0.00884. The van der Waals surface area contributed by atoms with Crippen molar-refractivity contribution in [3.63, 3.8) is 0 Å². The molecule has 0 aliphatic carbocycles. The zero-order chi connectivity index (χ0) is 9.84. The Morgan fingerprint density at radius 2 is 2.31 bits per heavy atom. The van der Waals surface area contributed by atoms with Gasteiger partial charge in [-0.3, -0.25) is 4.79 Å². The molecule has 6 heteroatoms. The molecule has 1 rings (SSSR count). The Morgan fingerprint density at radius 3 is 2.85 bits per heavy atom. The third-order valence-corrected chi connectivity index (χ3v) is 1.77. The van der Waals surface area contributed by atoms with Crippen LogP contribution in [-0.2, 0) is 11.5 Å². The average Bonchev–Trinajstić information content (AvgIpc) is 2.14. The second-order valence-electron chi connectivity index (χ2n) is 2.25. The molecular weight excluding hydrogens is 196 g/mol. The van der Waals surface area contributed by atoms with Crippen LogP contribution in [0.1, 0.15) is 0 Å². The van der Waals surface area contributed by atoms with Gasteiger partial charge < -0.3 is 9.47 Å². The van der Waals surface area contributed by atoms with Gasteiger partial charge in [0.2, 0.25) is 0 Å². The first-order valence-corrected chi connectivity index (χ1v) is 3.87. The number of halogens is 1. The van der Waals surface area contributed by atoms with Crippen molar-refractivity contribution in [2.75, 3.05) is 14.2 Å². The lowest BCUT2D eigenvalue weighted by Crippen LogP contribution is -2.24. The zero-order valence-corrected chi connectivity index (χ0v) is 8.04. The minimum atomic E-state index is -0.428. The van der Waals surface area contributed by atoms with E-state index in [4.69, 9.17) is 21.1 Å². The predicted octanol–water partition coefficient (Wildman–Crippen LogP) is 0.509. The first-order chi connectivity index (χ1) is 6.20. The van der Waals surface area contributed by atoms with Crippen LogP contribution < -0.4 is 10.3 Å². The Bertz CT molecular complexity index is 350. The van der Waals surface area contributed by atoms with Gasteiger partial charge in [0.25, 0.3) is 5.56 Å². The summed E-state index contributed by atoms with van der Waals surface area (Å²) < 4.78 is 10.7. The van der Waals surface area contributed by atoms with Crippen LogP contribution in [-0.4, -0.2) is 24.0 Å². The Balaban J connectivity index is 3.16. The molecule has 5 nitrogen and oxygen atoms in total. The Hall–Kier alpha value is -1.07. The molecule has 0 N–H and O–H groups in total. The van der Waals surface area contributed by atoms with Gasteiger partial charge in [-0.2, -0.15) is 5.10 Å². The van der Waals surface area contributed by atoms with E-state index >= 15 is 0 Å². The van der Waals surface area contributed by atoms with Crippen molar-refractivity contribution in [1.29, 1.82) is 0 Å². The van der Waals surface area contributed by atoms with Gasteiger partial charge in [-0.15, -0.1) is 0 Å². The molecule has 0 unspecified atom stereocenters. The largest absolute Gasteiger partial charge is 0.493 e. The fourth-order valence-corrected chi connectivity index (χ4v) is 1.03.